The van der Waals surface area contributed by atoms with E-state index in [1.165, 1.54) is 5.56 Å². The standard InChI is InChI=1S/C34H43NO5/c1-21(2)27(32(39)31(38)18-25-17-16-23-12-10-11-15-26(23)25)19-29(36)22(3)35-33(40)28(34(4,5)6)20-30(37)24-13-8-7-9-14-24/h7-15,21-22,25,27-28H,16-20H2,1-6H3,(H,35,40)/t22-,25-,27-,28+/m0/s1. The van der Waals surface area contributed by atoms with Gasteiger partial charge < -0.3 is 5.32 Å². The van der Waals surface area contributed by atoms with Crippen molar-refractivity contribution in [2.45, 2.75) is 85.6 Å². The summed E-state index contributed by atoms with van der Waals surface area (Å²) in [5.74, 6) is -3.31. The summed E-state index contributed by atoms with van der Waals surface area (Å²) < 4.78 is 0. The van der Waals surface area contributed by atoms with Crippen LogP contribution in [0.3, 0.4) is 0 Å². The molecular weight excluding hydrogens is 502 g/mol. The van der Waals surface area contributed by atoms with E-state index in [0.717, 1.165) is 18.4 Å². The van der Waals surface area contributed by atoms with Crippen LogP contribution in [-0.2, 0) is 25.6 Å². The SMILES string of the molecule is CC(C)[C@H](CC(=O)[C@H](C)NC(=O)[C@@H](CC(=O)c1ccccc1)C(C)(C)C)C(=O)C(=O)C[C@@H]1CCc2ccccc21. The number of carbonyl (C=O) groups is 5. The third-order valence-electron chi connectivity index (χ3n) is 8.22. The minimum atomic E-state index is -0.852. The Balaban J connectivity index is 1.62. The highest BCUT2D eigenvalue weighted by Gasteiger charge is 2.37. The second-order valence-corrected chi connectivity index (χ2v) is 12.6. The number of hydrogen-bond donors (Lipinski definition) is 1. The lowest BCUT2D eigenvalue weighted by molar-refractivity contribution is -0.141. The first kappa shape index (κ1) is 31.1. The highest BCUT2D eigenvalue weighted by molar-refractivity contribution is 6.38. The fourth-order valence-corrected chi connectivity index (χ4v) is 5.53. The van der Waals surface area contributed by atoms with Crippen LogP contribution in [0.1, 0.15) is 94.6 Å². The van der Waals surface area contributed by atoms with Crippen molar-refractivity contribution in [2.24, 2.45) is 23.2 Å². The van der Waals surface area contributed by atoms with Gasteiger partial charge in [0.15, 0.2) is 17.3 Å². The second-order valence-electron chi connectivity index (χ2n) is 12.6. The quantitative estimate of drug-likeness (QED) is 0.249. The molecule has 0 radical (unpaired) electrons. The van der Waals surface area contributed by atoms with Crippen molar-refractivity contribution in [3.63, 3.8) is 0 Å². The monoisotopic (exact) mass is 545 g/mol. The average Bonchev–Trinajstić information content (AvgIpc) is 3.31. The van der Waals surface area contributed by atoms with Gasteiger partial charge in [0.05, 0.1) is 12.0 Å². The molecule has 0 spiro atoms. The number of ketones is 4. The van der Waals surface area contributed by atoms with E-state index in [2.05, 4.69) is 11.4 Å². The summed E-state index contributed by atoms with van der Waals surface area (Å²) in [6.07, 6.45) is 1.80. The van der Waals surface area contributed by atoms with Crippen molar-refractivity contribution in [1.82, 2.24) is 5.32 Å². The molecule has 4 atom stereocenters. The Bertz CT molecular complexity index is 1240. The zero-order valence-electron chi connectivity index (χ0n) is 24.7. The number of fused-ring (bicyclic) bond motifs is 1. The highest BCUT2D eigenvalue weighted by Crippen LogP contribution is 2.36. The number of benzene rings is 2. The van der Waals surface area contributed by atoms with Gasteiger partial charge in [-0.2, -0.15) is 0 Å². The summed E-state index contributed by atoms with van der Waals surface area (Å²) in [6.45, 7) is 10.9. The second kappa shape index (κ2) is 13.3. The van der Waals surface area contributed by atoms with Gasteiger partial charge in [-0.15, -0.1) is 0 Å². The molecule has 0 aliphatic heterocycles. The number of nitrogens with one attached hydrogen (secondary N) is 1. The van der Waals surface area contributed by atoms with Gasteiger partial charge in [-0.1, -0.05) is 89.2 Å². The summed E-state index contributed by atoms with van der Waals surface area (Å²) in [4.78, 5) is 65.6. The molecule has 1 N–H and O–H groups in total. The van der Waals surface area contributed by atoms with Crippen LogP contribution in [0.15, 0.2) is 54.6 Å². The minimum absolute atomic E-state index is 0.0200. The van der Waals surface area contributed by atoms with Crippen LogP contribution < -0.4 is 5.32 Å². The first-order valence-corrected chi connectivity index (χ1v) is 14.4. The summed E-state index contributed by atoms with van der Waals surface area (Å²) in [5.41, 5.74) is 2.39. The van der Waals surface area contributed by atoms with Gasteiger partial charge in [0.25, 0.3) is 0 Å². The van der Waals surface area contributed by atoms with Crippen molar-refractivity contribution in [1.29, 1.82) is 0 Å². The Hall–Kier alpha value is -3.41. The number of hydrogen-bond acceptors (Lipinski definition) is 5. The van der Waals surface area contributed by atoms with E-state index in [1.54, 1.807) is 31.2 Å². The zero-order valence-corrected chi connectivity index (χ0v) is 24.7. The predicted molar refractivity (Wildman–Crippen MR) is 156 cm³/mol. The fraction of sp³-hybridized carbons (Fsp3) is 0.500. The predicted octanol–water partition coefficient (Wildman–Crippen LogP) is 5.92. The smallest absolute Gasteiger partial charge is 0.224 e. The van der Waals surface area contributed by atoms with Gasteiger partial charge in [-0.25, -0.2) is 0 Å². The molecule has 0 aromatic heterocycles. The molecule has 2 aromatic carbocycles. The summed E-state index contributed by atoms with van der Waals surface area (Å²) in [6, 6.07) is 16.0. The normalized spacial score (nSPS) is 17.0. The van der Waals surface area contributed by atoms with Crippen molar-refractivity contribution in [3.8, 4) is 0 Å². The van der Waals surface area contributed by atoms with Crippen molar-refractivity contribution in [2.75, 3.05) is 0 Å². The topological polar surface area (TPSA) is 97.4 Å². The molecule has 1 amide bonds. The first-order chi connectivity index (χ1) is 18.8. The van der Waals surface area contributed by atoms with E-state index in [1.807, 2.05) is 58.9 Å². The largest absolute Gasteiger partial charge is 0.346 e. The third kappa shape index (κ3) is 7.83. The van der Waals surface area contributed by atoms with Crippen molar-refractivity contribution < 1.29 is 24.0 Å². The number of carbonyl (C=O) groups excluding carboxylic acids is 5. The lowest BCUT2D eigenvalue weighted by atomic mass is 9.76. The van der Waals surface area contributed by atoms with Gasteiger partial charge in [0.1, 0.15) is 0 Å². The Kier molecular flexibility index (Phi) is 10.3. The molecule has 0 bridgehead atoms. The zero-order chi connectivity index (χ0) is 29.6. The molecule has 3 rings (SSSR count). The van der Waals surface area contributed by atoms with Gasteiger partial charge >= 0.3 is 0 Å². The van der Waals surface area contributed by atoms with E-state index >= 15 is 0 Å². The molecule has 214 valence electrons. The summed E-state index contributed by atoms with van der Waals surface area (Å²) >= 11 is 0. The van der Waals surface area contributed by atoms with Crippen molar-refractivity contribution >= 4 is 29.0 Å². The van der Waals surface area contributed by atoms with Crippen LogP contribution in [0.25, 0.3) is 0 Å². The summed E-state index contributed by atoms with van der Waals surface area (Å²) in [7, 11) is 0. The molecule has 0 unspecified atom stereocenters. The van der Waals surface area contributed by atoms with Crippen LogP contribution in [0.4, 0.5) is 0 Å². The molecule has 2 aromatic rings. The van der Waals surface area contributed by atoms with Gasteiger partial charge in [-0.3, -0.25) is 24.0 Å². The molecule has 0 saturated carbocycles. The third-order valence-corrected chi connectivity index (χ3v) is 8.22. The molecule has 6 heteroatoms. The highest BCUT2D eigenvalue weighted by atomic mass is 16.2. The number of Topliss-reactive ketones (excluding diaryl/α,β-unsaturated/α-hetero) is 4. The molecule has 0 saturated heterocycles. The Labute approximate surface area is 238 Å². The van der Waals surface area contributed by atoms with E-state index in [0.29, 0.717) is 5.56 Å². The molecule has 0 fully saturated rings. The minimum Gasteiger partial charge on any atom is -0.346 e. The summed E-state index contributed by atoms with van der Waals surface area (Å²) in [5, 5.41) is 2.79. The Morgan fingerprint density at radius 2 is 1.50 bits per heavy atom. The number of aryl methyl sites for hydroxylation is 1. The van der Waals surface area contributed by atoms with Crippen LogP contribution in [0.2, 0.25) is 0 Å². The maximum Gasteiger partial charge on any atom is 0.224 e. The van der Waals surface area contributed by atoms with Crippen LogP contribution in [-0.4, -0.2) is 35.1 Å². The number of amides is 1. The van der Waals surface area contributed by atoms with E-state index in [4.69, 9.17) is 0 Å². The number of rotatable bonds is 13. The van der Waals surface area contributed by atoms with Crippen LogP contribution in [0.5, 0.6) is 0 Å². The van der Waals surface area contributed by atoms with Crippen molar-refractivity contribution in [3.05, 3.63) is 71.3 Å². The van der Waals surface area contributed by atoms with Gasteiger partial charge in [0.2, 0.25) is 11.7 Å². The maximum atomic E-state index is 13.3. The Morgan fingerprint density at radius 1 is 0.875 bits per heavy atom. The van der Waals surface area contributed by atoms with Gasteiger partial charge in [-0.05, 0) is 48.1 Å². The maximum absolute atomic E-state index is 13.3. The van der Waals surface area contributed by atoms with E-state index in [9.17, 15) is 24.0 Å². The molecule has 1 aliphatic carbocycles. The van der Waals surface area contributed by atoms with E-state index < -0.39 is 34.9 Å². The molecule has 0 heterocycles. The van der Waals surface area contributed by atoms with Crippen LogP contribution in [0, 0.1) is 23.2 Å². The lowest BCUT2D eigenvalue weighted by Gasteiger charge is -2.30. The average molecular weight is 546 g/mol. The molecular formula is C34H43NO5. The molecule has 40 heavy (non-hydrogen) atoms. The van der Waals surface area contributed by atoms with Crippen LogP contribution >= 0.6 is 0 Å². The molecule has 1 aliphatic rings. The van der Waals surface area contributed by atoms with Gasteiger partial charge in [0, 0.05) is 30.7 Å². The van der Waals surface area contributed by atoms with E-state index in [-0.39, 0.29) is 48.6 Å². The first-order valence-electron chi connectivity index (χ1n) is 14.4. The molecule has 6 nitrogen and oxygen atoms in total. The Morgan fingerprint density at radius 3 is 2.12 bits per heavy atom. The lowest BCUT2D eigenvalue weighted by Crippen LogP contribution is -2.46. The fourth-order valence-electron chi connectivity index (χ4n) is 5.53.